The second-order valence-corrected chi connectivity index (χ2v) is 7.88. The van der Waals surface area contributed by atoms with Crippen LogP contribution in [-0.2, 0) is 4.74 Å². The third-order valence-corrected chi connectivity index (χ3v) is 6.36. The van der Waals surface area contributed by atoms with Gasteiger partial charge < -0.3 is 18.7 Å². The zero-order chi connectivity index (χ0) is 18.6. The Labute approximate surface area is 156 Å². The van der Waals surface area contributed by atoms with Crippen LogP contribution in [0.3, 0.4) is 0 Å². The van der Waals surface area contributed by atoms with Crippen LogP contribution in [0.2, 0.25) is 0 Å². The lowest BCUT2D eigenvalue weighted by Gasteiger charge is -2.51. The van der Waals surface area contributed by atoms with Gasteiger partial charge in [-0.05, 0) is 50.7 Å². The predicted molar refractivity (Wildman–Crippen MR) is 101 cm³/mol. The molecule has 0 aromatic heterocycles. The monoisotopic (exact) mass is 362 g/mol. The van der Waals surface area contributed by atoms with Crippen LogP contribution in [-0.4, -0.2) is 57.5 Å². The summed E-state index contributed by atoms with van der Waals surface area (Å²) in [7, 11) is 5.56. The van der Waals surface area contributed by atoms with Gasteiger partial charge >= 0.3 is 5.97 Å². The summed E-state index contributed by atoms with van der Waals surface area (Å²) in [4.78, 5) is 12.5. The maximum absolute atomic E-state index is 12.5. The van der Waals surface area contributed by atoms with Crippen molar-refractivity contribution < 1.29 is 23.5 Å². The van der Waals surface area contributed by atoms with E-state index in [0.29, 0.717) is 29.6 Å². The van der Waals surface area contributed by atoms with Crippen LogP contribution >= 0.6 is 0 Å². The fourth-order valence-electron chi connectivity index (χ4n) is 4.92. The molecule has 0 aliphatic carbocycles. The van der Waals surface area contributed by atoms with E-state index in [1.807, 2.05) is 0 Å². The molecule has 2 saturated heterocycles. The van der Waals surface area contributed by atoms with Crippen molar-refractivity contribution in [2.24, 2.45) is 5.92 Å². The second kappa shape index (κ2) is 8.30. The Morgan fingerprint density at radius 2 is 1.92 bits per heavy atom. The third-order valence-electron chi connectivity index (χ3n) is 6.36. The van der Waals surface area contributed by atoms with Gasteiger partial charge in [0.2, 0.25) is 0 Å². The number of hydrogen-bond donors (Lipinski definition) is 0. The van der Waals surface area contributed by atoms with Gasteiger partial charge in [0.05, 0.1) is 47.0 Å². The van der Waals surface area contributed by atoms with Gasteiger partial charge in [-0.2, -0.15) is 0 Å². The number of carbonyl (C=O) groups excluding carboxylic acids is 1. The number of esters is 1. The summed E-state index contributed by atoms with van der Waals surface area (Å²) >= 11 is 0. The van der Waals surface area contributed by atoms with Gasteiger partial charge in [-0.15, -0.1) is 0 Å². The molecule has 3 rings (SSSR count). The highest BCUT2D eigenvalue weighted by atomic mass is 16.5. The van der Waals surface area contributed by atoms with E-state index in [4.69, 9.17) is 14.2 Å². The molecule has 3 atom stereocenters. The lowest BCUT2D eigenvalue weighted by molar-refractivity contribution is -0.947. The Morgan fingerprint density at radius 1 is 1.12 bits per heavy atom. The van der Waals surface area contributed by atoms with Crippen molar-refractivity contribution in [1.82, 2.24) is 0 Å². The van der Waals surface area contributed by atoms with Crippen molar-refractivity contribution in [3.63, 3.8) is 0 Å². The molecule has 2 fully saturated rings. The predicted octanol–water partition coefficient (Wildman–Crippen LogP) is 3.66. The fourth-order valence-corrected chi connectivity index (χ4v) is 4.92. The van der Waals surface area contributed by atoms with Crippen LogP contribution in [0.5, 0.6) is 11.5 Å². The first-order chi connectivity index (χ1) is 12.6. The number of benzene rings is 1. The van der Waals surface area contributed by atoms with E-state index in [0.717, 1.165) is 12.5 Å². The molecule has 26 heavy (non-hydrogen) atoms. The number of methoxy groups -OCH3 is 2. The molecule has 2 heterocycles. The Morgan fingerprint density at radius 3 is 2.69 bits per heavy atom. The highest BCUT2D eigenvalue weighted by molar-refractivity contribution is 5.92. The summed E-state index contributed by atoms with van der Waals surface area (Å²) in [5, 5.41) is 0. The Hall–Kier alpha value is -1.75. The molecule has 5 nitrogen and oxygen atoms in total. The summed E-state index contributed by atoms with van der Waals surface area (Å²) in [6.45, 7) is 3.10. The van der Waals surface area contributed by atoms with Crippen molar-refractivity contribution in [3.05, 3.63) is 23.8 Å². The minimum absolute atomic E-state index is 0.318. The van der Waals surface area contributed by atoms with Crippen LogP contribution in [0.25, 0.3) is 0 Å². The van der Waals surface area contributed by atoms with E-state index in [9.17, 15) is 4.79 Å². The number of nitrogens with zero attached hydrogens (tertiary/aromatic N) is 1. The van der Waals surface area contributed by atoms with Gasteiger partial charge in [0.15, 0.2) is 0 Å². The zero-order valence-electron chi connectivity index (χ0n) is 16.3. The quantitative estimate of drug-likeness (QED) is 0.572. The molecule has 1 aromatic carbocycles. The van der Waals surface area contributed by atoms with Crippen molar-refractivity contribution in [2.75, 3.05) is 41.0 Å². The topological polar surface area (TPSA) is 44.8 Å². The number of rotatable bonds is 6. The first kappa shape index (κ1) is 19.0. The smallest absolute Gasteiger partial charge is 0.341 e. The average molecular weight is 362 g/mol. The van der Waals surface area contributed by atoms with Gasteiger partial charge in [0.1, 0.15) is 17.1 Å². The molecular formula is C21H32NO4+. The standard InChI is InChI=1S/C21H32NO4/c1-22-12-5-4-8-19(22)16(7-6-13-22)11-14-26-21(23)18-10-9-17(24-2)15-20(18)25-3/h9-10,15-16,19H,4-8,11-14H2,1-3H3/q+1. The molecule has 2 aliphatic rings. The van der Waals surface area contributed by atoms with Gasteiger partial charge in [0.25, 0.3) is 0 Å². The van der Waals surface area contributed by atoms with Gasteiger partial charge in [-0.25, -0.2) is 4.79 Å². The molecule has 0 N–H and O–H groups in total. The molecule has 2 aliphatic heterocycles. The first-order valence-electron chi connectivity index (χ1n) is 9.81. The van der Waals surface area contributed by atoms with E-state index >= 15 is 0 Å². The minimum Gasteiger partial charge on any atom is -0.497 e. The lowest BCUT2D eigenvalue weighted by Crippen LogP contribution is -2.60. The SMILES string of the molecule is COc1ccc(C(=O)OCCC2CCC[N+]3(C)CCCCC23)c(OC)c1. The van der Waals surface area contributed by atoms with Crippen molar-refractivity contribution in [2.45, 2.75) is 44.6 Å². The Kier molecular flexibility index (Phi) is 6.07. The molecule has 0 radical (unpaired) electrons. The van der Waals surface area contributed by atoms with E-state index < -0.39 is 0 Å². The maximum Gasteiger partial charge on any atom is 0.341 e. The summed E-state index contributed by atoms with van der Waals surface area (Å²) in [5.41, 5.74) is 0.454. The van der Waals surface area contributed by atoms with Crippen LogP contribution < -0.4 is 9.47 Å². The maximum atomic E-state index is 12.5. The molecule has 3 unspecified atom stereocenters. The number of quaternary nitrogens is 1. The first-order valence-corrected chi connectivity index (χ1v) is 9.81. The van der Waals surface area contributed by atoms with Crippen molar-refractivity contribution in [1.29, 1.82) is 0 Å². The van der Waals surface area contributed by atoms with Crippen molar-refractivity contribution in [3.8, 4) is 11.5 Å². The number of ether oxygens (including phenoxy) is 3. The number of fused-ring (bicyclic) bond motifs is 1. The summed E-state index contributed by atoms with van der Waals surface area (Å²) in [6, 6.07) is 5.91. The normalized spacial score (nSPS) is 28.1. The zero-order valence-corrected chi connectivity index (χ0v) is 16.3. The molecule has 144 valence electrons. The molecule has 0 bridgehead atoms. The third kappa shape index (κ3) is 3.98. The molecule has 5 heteroatoms. The van der Waals surface area contributed by atoms with Crippen LogP contribution in [0.4, 0.5) is 0 Å². The average Bonchev–Trinajstić information content (AvgIpc) is 2.66. The number of carbonyl (C=O) groups is 1. The van der Waals surface area contributed by atoms with Crippen LogP contribution in [0.15, 0.2) is 18.2 Å². The summed E-state index contributed by atoms with van der Waals surface area (Å²) in [6.07, 6.45) is 7.54. The largest absolute Gasteiger partial charge is 0.497 e. The molecule has 0 saturated carbocycles. The molecular weight excluding hydrogens is 330 g/mol. The highest BCUT2D eigenvalue weighted by Crippen LogP contribution is 2.37. The minimum atomic E-state index is -0.318. The number of hydrogen-bond acceptors (Lipinski definition) is 4. The van der Waals surface area contributed by atoms with E-state index in [1.54, 1.807) is 32.4 Å². The summed E-state index contributed by atoms with van der Waals surface area (Å²) < 4.78 is 17.3. The van der Waals surface area contributed by atoms with Crippen LogP contribution in [0, 0.1) is 5.92 Å². The second-order valence-electron chi connectivity index (χ2n) is 7.88. The van der Waals surface area contributed by atoms with E-state index in [1.165, 1.54) is 49.7 Å². The number of piperidine rings is 2. The van der Waals surface area contributed by atoms with Gasteiger partial charge in [-0.1, -0.05) is 0 Å². The fraction of sp³-hybridized carbons (Fsp3) is 0.667. The van der Waals surface area contributed by atoms with E-state index in [-0.39, 0.29) is 5.97 Å². The van der Waals surface area contributed by atoms with Gasteiger partial charge in [-0.3, -0.25) is 0 Å². The molecule has 0 amide bonds. The summed E-state index contributed by atoms with van der Waals surface area (Å²) in [5.74, 6) is 1.50. The lowest BCUT2D eigenvalue weighted by atomic mass is 9.80. The van der Waals surface area contributed by atoms with Crippen LogP contribution in [0.1, 0.15) is 48.9 Å². The van der Waals surface area contributed by atoms with Crippen molar-refractivity contribution >= 4 is 5.97 Å². The van der Waals surface area contributed by atoms with Gasteiger partial charge in [0, 0.05) is 12.0 Å². The molecule has 1 aromatic rings. The highest BCUT2D eigenvalue weighted by Gasteiger charge is 2.43. The Bertz CT molecular complexity index is 628. The molecule has 0 spiro atoms. The van der Waals surface area contributed by atoms with E-state index in [2.05, 4.69) is 7.05 Å². The Balaban J connectivity index is 1.57.